The lowest BCUT2D eigenvalue weighted by molar-refractivity contribution is -0.174. The van der Waals surface area contributed by atoms with E-state index in [2.05, 4.69) is 10.1 Å². The van der Waals surface area contributed by atoms with Crippen molar-refractivity contribution in [1.29, 1.82) is 0 Å². The predicted molar refractivity (Wildman–Crippen MR) is 62.0 cm³/mol. The summed E-state index contributed by atoms with van der Waals surface area (Å²) in [6.07, 6.45) is -4.24. The van der Waals surface area contributed by atoms with Gasteiger partial charge in [-0.15, -0.1) is 0 Å². The molecule has 0 radical (unpaired) electrons. The first-order chi connectivity index (χ1) is 9.19. The van der Waals surface area contributed by atoms with Crippen molar-refractivity contribution < 1.29 is 32.2 Å². The number of hydrogen-bond acceptors (Lipinski definition) is 4. The first kappa shape index (κ1) is 16.7. The zero-order valence-electron chi connectivity index (χ0n) is 11.2. The minimum Gasteiger partial charge on any atom is -0.382 e. The number of carbonyl (C=O) groups is 2. The summed E-state index contributed by atoms with van der Waals surface area (Å²) in [7, 11) is 1.40. The smallest absolute Gasteiger partial charge is 0.382 e. The molecular weight excluding hydrogens is 281 g/mol. The number of nitrogens with one attached hydrogen (secondary N) is 1. The Morgan fingerprint density at radius 1 is 1.35 bits per heavy atom. The van der Waals surface area contributed by atoms with Gasteiger partial charge in [-0.05, 0) is 13.3 Å². The van der Waals surface area contributed by atoms with Crippen molar-refractivity contribution in [2.45, 2.75) is 25.1 Å². The molecule has 0 aliphatic carbocycles. The second-order valence-corrected chi connectivity index (χ2v) is 4.67. The molecule has 1 rings (SSSR count). The quantitative estimate of drug-likeness (QED) is 0.560. The second-order valence-electron chi connectivity index (χ2n) is 4.67. The van der Waals surface area contributed by atoms with Gasteiger partial charge in [0, 0.05) is 20.3 Å². The monoisotopic (exact) mass is 298 g/mol. The molecule has 20 heavy (non-hydrogen) atoms. The van der Waals surface area contributed by atoms with Crippen molar-refractivity contribution in [3.8, 4) is 0 Å². The van der Waals surface area contributed by atoms with Gasteiger partial charge in [0.2, 0.25) is 0 Å². The number of hydrogen-bond donors (Lipinski definition) is 1. The highest BCUT2D eigenvalue weighted by Gasteiger charge is 2.47. The Morgan fingerprint density at radius 2 is 2.00 bits per heavy atom. The number of methoxy groups -OCH3 is 1. The van der Waals surface area contributed by atoms with E-state index < -0.39 is 30.3 Å². The first-order valence-electron chi connectivity index (χ1n) is 5.97. The summed E-state index contributed by atoms with van der Waals surface area (Å²) in [5.41, 5.74) is -1.13. The number of halogens is 3. The lowest BCUT2D eigenvalue weighted by atomic mass is 10.0. The van der Waals surface area contributed by atoms with Crippen LogP contribution in [0.4, 0.5) is 18.0 Å². The molecule has 1 atom stereocenters. The Bertz CT molecular complexity index is 375. The molecule has 1 N–H and O–H groups in total. The van der Waals surface area contributed by atoms with Crippen LogP contribution in [0.2, 0.25) is 0 Å². The maximum absolute atomic E-state index is 12.0. The molecule has 0 unspecified atom stereocenters. The fourth-order valence-electron chi connectivity index (χ4n) is 1.85. The number of carbonyl (C=O) groups excluding carboxylic acids is 2. The lowest BCUT2D eigenvalue weighted by Crippen LogP contribution is -2.48. The van der Waals surface area contributed by atoms with Crippen LogP contribution < -0.4 is 5.32 Å². The molecule has 1 fully saturated rings. The number of imide groups is 1. The van der Waals surface area contributed by atoms with Gasteiger partial charge < -0.3 is 14.8 Å². The largest absolute Gasteiger partial charge is 0.411 e. The fraction of sp³-hybridized carbons (Fsp3) is 0.818. The Hall–Kier alpha value is -1.35. The highest BCUT2D eigenvalue weighted by molar-refractivity contribution is 6.06. The van der Waals surface area contributed by atoms with Crippen molar-refractivity contribution in [2.75, 3.05) is 33.5 Å². The van der Waals surface area contributed by atoms with Gasteiger partial charge in [-0.1, -0.05) is 0 Å². The van der Waals surface area contributed by atoms with Crippen molar-refractivity contribution >= 4 is 11.9 Å². The van der Waals surface area contributed by atoms with E-state index in [1.54, 1.807) is 0 Å². The van der Waals surface area contributed by atoms with E-state index in [4.69, 9.17) is 4.74 Å². The molecule has 0 aromatic rings. The molecule has 1 aliphatic heterocycles. The SMILES string of the molecule is COC[C@]1(C)NC(=O)N(CCCOCC(F)(F)F)C1=O. The maximum atomic E-state index is 12.0. The number of ether oxygens (including phenoxy) is 2. The highest BCUT2D eigenvalue weighted by atomic mass is 19.4. The molecule has 9 heteroatoms. The van der Waals surface area contributed by atoms with Gasteiger partial charge in [-0.25, -0.2) is 4.79 Å². The van der Waals surface area contributed by atoms with Gasteiger partial charge in [0.15, 0.2) is 0 Å². The van der Waals surface area contributed by atoms with Gasteiger partial charge in [0.25, 0.3) is 5.91 Å². The summed E-state index contributed by atoms with van der Waals surface area (Å²) in [5.74, 6) is -0.458. The molecule has 1 aliphatic rings. The summed E-state index contributed by atoms with van der Waals surface area (Å²) in [6.45, 7) is 0.0312. The van der Waals surface area contributed by atoms with Crippen LogP contribution in [0.15, 0.2) is 0 Å². The summed E-state index contributed by atoms with van der Waals surface area (Å²) >= 11 is 0. The van der Waals surface area contributed by atoms with E-state index >= 15 is 0 Å². The third-order valence-corrected chi connectivity index (χ3v) is 2.71. The third-order valence-electron chi connectivity index (χ3n) is 2.71. The molecule has 116 valence electrons. The van der Waals surface area contributed by atoms with Crippen molar-refractivity contribution in [1.82, 2.24) is 10.2 Å². The van der Waals surface area contributed by atoms with Crippen molar-refractivity contribution in [3.63, 3.8) is 0 Å². The normalized spacial score (nSPS) is 23.4. The van der Waals surface area contributed by atoms with Gasteiger partial charge in [0.1, 0.15) is 12.1 Å². The molecule has 0 spiro atoms. The molecule has 6 nitrogen and oxygen atoms in total. The molecule has 1 saturated heterocycles. The Morgan fingerprint density at radius 3 is 2.55 bits per heavy atom. The summed E-state index contributed by atoms with van der Waals surface area (Å²) < 4.78 is 44.8. The van der Waals surface area contributed by atoms with Crippen LogP contribution >= 0.6 is 0 Å². The molecule has 1 heterocycles. The van der Waals surface area contributed by atoms with Gasteiger partial charge in [-0.2, -0.15) is 13.2 Å². The van der Waals surface area contributed by atoms with Crippen LogP contribution in [0.5, 0.6) is 0 Å². The number of rotatable bonds is 7. The summed E-state index contributed by atoms with van der Waals surface area (Å²) in [4.78, 5) is 24.6. The van der Waals surface area contributed by atoms with Gasteiger partial charge in [0.05, 0.1) is 6.61 Å². The maximum Gasteiger partial charge on any atom is 0.411 e. The summed E-state index contributed by atoms with van der Waals surface area (Å²) in [6, 6.07) is -0.578. The highest BCUT2D eigenvalue weighted by Crippen LogP contribution is 2.18. The van der Waals surface area contributed by atoms with E-state index in [0.29, 0.717) is 0 Å². The van der Waals surface area contributed by atoms with E-state index in [1.807, 2.05) is 0 Å². The first-order valence-corrected chi connectivity index (χ1v) is 5.97. The molecule has 3 amide bonds. The van der Waals surface area contributed by atoms with Crippen LogP contribution in [0.25, 0.3) is 0 Å². The molecule has 0 saturated carbocycles. The van der Waals surface area contributed by atoms with Gasteiger partial charge in [-0.3, -0.25) is 9.69 Å². The van der Waals surface area contributed by atoms with Crippen molar-refractivity contribution in [3.05, 3.63) is 0 Å². The minimum atomic E-state index is -4.38. The average Bonchev–Trinajstić information content (AvgIpc) is 2.50. The number of nitrogens with zero attached hydrogens (tertiary/aromatic N) is 1. The van der Waals surface area contributed by atoms with E-state index in [9.17, 15) is 22.8 Å². The average molecular weight is 298 g/mol. The van der Waals surface area contributed by atoms with Crippen molar-refractivity contribution in [2.24, 2.45) is 0 Å². The number of alkyl halides is 3. The Balaban J connectivity index is 2.37. The zero-order valence-corrected chi connectivity index (χ0v) is 11.2. The van der Waals surface area contributed by atoms with Gasteiger partial charge >= 0.3 is 12.2 Å². The molecule has 0 aromatic heterocycles. The van der Waals surface area contributed by atoms with Crippen LogP contribution in [-0.2, 0) is 14.3 Å². The topological polar surface area (TPSA) is 67.9 Å². The van der Waals surface area contributed by atoms with E-state index in [1.165, 1.54) is 14.0 Å². The molecular formula is C11H17F3N2O4. The minimum absolute atomic E-state index is 0.00181. The standard InChI is InChI=1S/C11H17F3N2O4/c1-10(6-19-2)8(17)16(9(18)15-10)4-3-5-20-7-11(12,13)14/h3-7H2,1-2H3,(H,15,18)/t10-/m0/s1. The molecule has 0 aromatic carbocycles. The summed E-state index contributed by atoms with van der Waals surface area (Å²) in [5, 5.41) is 2.49. The number of urea groups is 1. The lowest BCUT2D eigenvalue weighted by Gasteiger charge is -2.20. The predicted octanol–water partition coefficient (Wildman–Crippen LogP) is 0.912. The van der Waals surface area contributed by atoms with E-state index in [-0.39, 0.29) is 26.2 Å². The van der Waals surface area contributed by atoms with E-state index in [0.717, 1.165) is 4.90 Å². The Kier molecular flexibility index (Phi) is 5.35. The molecule has 0 bridgehead atoms. The van der Waals surface area contributed by atoms with Crippen LogP contribution in [0.1, 0.15) is 13.3 Å². The Labute approximate surface area is 114 Å². The fourth-order valence-corrected chi connectivity index (χ4v) is 1.85. The zero-order chi connectivity index (χ0) is 15.4. The van der Waals surface area contributed by atoms with Crippen LogP contribution in [-0.4, -0.2) is 62.0 Å². The second kappa shape index (κ2) is 6.40. The van der Waals surface area contributed by atoms with Crippen LogP contribution in [0, 0.1) is 0 Å². The third kappa shape index (κ3) is 4.34. The van der Waals surface area contributed by atoms with Crippen LogP contribution in [0.3, 0.4) is 0 Å². The number of amides is 3.